The van der Waals surface area contributed by atoms with Gasteiger partial charge in [0.2, 0.25) is 0 Å². The number of esters is 2. The molecule has 15 heavy (non-hydrogen) atoms. The molecule has 3 heteroatoms. The smallest absolute Gasteiger partial charge is 0.318 e. The summed E-state index contributed by atoms with van der Waals surface area (Å²) in [6.45, 7) is 3.97. The molecule has 0 radical (unpaired) electrons. The number of hydrogen-bond acceptors (Lipinski definition) is 3. The van der Waals surface area contributed by atoms with E-state index in [0.29, 0.717) is 6.42 Å². The molecule has 1 saturated heterocycles. The van der Waals surface area contributed by atoms with Crippen LogP contribution in [0.4, 0.5) is 0 Å². The van der Waals surface area contributed by atoms with Gasteiger partial charge in [0, 0.05) is 5.92 Å². The van der Waals surface area contributed by atoms with E-state index in [1.54, 1.807) is 0 Å². The van der Waals surface area contributed by atoms with E-state index in [4.69, 9.17) is 0 Å². The van der Waals surface area contributed by atoms with E-state index in [9.17, 15) is 9.59 Å². The Kier molecular flexibility index (Phi) is 2.47. The molecule has 0 spiro atoms. The zero-order valence-electron chi connectivity index (χ0n) is 8.90. The van der Waals surface area contributed by atoms with Crippen molar-refractivity contribution in [3.05, 3.63) is 23.8 Å². The Balaban J connectivity index is 2.30. The highest BCUT2D eigenvalue weighted by atomic mass is 16.6. The SMILES string of the molecule is CC(C)=CC1C=CCC2C(=O)OC(=O)C12. The minimum atomic E-state index is -0.364. The standard InChI is InChI=1S/C12H14O3/c1-7(2)6-8-4-3-5-9-10(8)12(14)15-11(9)13/h3-4,6,8-10H,5H2,1-2H3. The van der Waals surface area contributed by atoms with Crippen LogP contribution in [-0.2, 0) is 14.3 Å². The van der Waals surface area contributed by atoms with Crippen LogP contribution < -0.4 is 0 Å². The highest BCUT2D eigenvalue weighted by molar-refractivity contribution is 5.97. The Labute approximate surface area is 88.8 Å². The van der Waals surface area contributed by atoms with Crippen molar-refractivity contribution in [3.8, 4) is 0 Å². The number of fused-ring (bicyclic) bond motifs is 1. The third kappa shape index (κ3) is 1.74. The summed E-state index contributed by atoms with van der Waals surface area (Å²) in [5, 5.41) is 0. The first-order valence-corrected chi connectivity index (χ1v) is 5.17. The summed E-state index contributed by atoms with van der Waals surface area (Å²) in [4.78, 5) is 22.9. The lowest BCUT2D eigenvalue weighted by Gasteiger charge is -2.22. The molecule has 1 heterocycles. The van der Waals surface area contributed by atoms with Gasteiger partial charge in [0.05, 0.1) is 11.8 Å². The summed E-state index contributed by atoms with van der Waals surface area (Å²) >= 11 is 0. The number of ether oxygens (including phenoxy) is 1. The van der Waals surface area contributed by atoms with Gasteiger partial charge in [-0.25, -0.2) is 0 Å². The van der Waals surface area contributed by atoms with E-state index in [2.05, 4.69) is 4.74 Å². The predicted molar refractivity (Wildman–Crippen MR) is 54.8 cm³/mol. The zero-order valence-corrected chi connectivity index (χ0v) is 8.90. The van der Waals surface area contributed by atoms with Crippen molar-refractivity contribution in [3.63, 3.8) is 0 Å². The Morgan fingerprint density at radius 3 is 2.80 bits per heavy atom. The van der Waals surface area contributed by atoms with Crippen molar-refractivity contribution < 1.29 is 14.3 Å². The molecule has 3 nitrogen and oxygen atoms in total. The molecule has 0 aromatic carbocycles. The second-order valence-electron chi connectivity index (χ2n) is 4.36. The lowest BCUT2D eigenvalue weighted by Crippen LogP contribution is -2.26. The molecule has 1 aliphatic heterocycles. The van der Waals surface area contributed by atoms with Crippen LogP contribution in [0.2, 0.25) is 0 Å². The molecular formula is C12H14O3. The number of allylic oxidation sites excluding steroid dienone is 4. The third-order valence-corrected chi connectivity index (χ3v) is 2.90. The van der Waals surface area contributed by atoms with Gasteiger partial charge >= 0.3 is 11.9 Å². The van der Waals surface area contributed by atoms with Crippen LogP contribution in [0.25, 0.3) is 0 Å². The highest BCUT2D eigenvalue weighted by Crippen LogP contribution is 2.38. The van der Waals surface area contributed by atoms with Crippen molar-refractivity contribution in [1.29, 1.82) is 0 Å². The van der Waals surface area contributed by atoms with Crippen molar-refractivity contribution in [1.82, 2.24) is 0 Å². The van der Waals surface area contributed by atoms with Crippen molar-refractivity contribution in [2.45, 2.75) is 20.3 Å². The average Bonchev–Trinajstić information content (AvgIpc) is 2.43. The fourth-order valence-electron chi connectivity index (χ4n) is 2.27. The van der Waals surface area contributed by atoms with E-state index in [0.717, 1.165) is 5.57 Å². The minimum absolute atomic E-state index is 0.0210. The van der Waals surface area contributed by atoms with Gasteiger partial charge in [-0.3, -0.25) is 9.59 Å². The number of rotatable bonds is 1. The molecule has 80 valence electrons. The number of carbonyl (C=O) groups is 2. The molecule has 0 amide bonds. The van der Waals surface area contributed by atoms with Crippen LogP contribution >= 0.6 is 0 Å². The van der Waals surface area contributed by atoms with Crippen molar-refractivity contribution >= 4 is 11.9 Å². The van der Waals surface area contributed by atoms with Gasteiger partial charge in [-0.15, -0.1) is 0 Å². The summed E-state index contributed by atoms with van der Waals surface area (Å²) < 4.78 is 4.67. The monoisotopic (exact) mass is 206 g/mol. The first-order chi connectivity index (χ1) is 7.09. The molecule has 2 aliphatic rings. The van der Waals surface area contributed by atoms with Crippen LogP contribution in [0, 0.1) is 17.8 Å². The maximum atomic E-state index is 11.5. The molecule has 0 aromatic rings. The molecule has 1 aliphatic carbocycles. The number of hydrogen-bond donors (Lipinski definition) is 0. The normalized spacial score (nSPS) is 33.6. The van der Waals surface area contributed by atoms with Crippen LogP contribution in [0.1, 0.15) is 20.3 Å². The molecule has 0 bridgehead atoms. The summed E-state index contributed by atoms with van der Waals surface area (Å²) in [7, 11) is 0. The van der Waals surface area contributed by atoms with E-state index in [1.165, 1.54) is 0 Å². The van der Waals surface area contributed by atoms with Gasteiger partial charge in [0.1, 0.15) is 0 Å². The van der Waals surface area contributed by atoms with Gasteiger partial charge in [0.25, 0.3) is 0 Å². The third-order valence-electron chi connectivity index (χ3n) is 2.90. The summed E-state index contributed by atoms with van der Waals surface area (Å²) in [6.07, 6.45) is 6.61. The van der Waals surface area contributed by atoms with Crippen LogP contribution in [-0.4, -0.2) is 11.9 Å². The topological polar surface area (TPSA) is 43.4 Å². The fraction of sp³-hybridized carbons (Fsp3) is 0.500. The Morgan fingerprint density at radius 2 is 2.13 bits per heavy atom. The van der Waals surface area contributed by atoms with E-state index in [1.807, 2.05) is 32.1 Å². The van der Waals surface area contributed by atoms with Gasteiger partial charge < -0.3 is 4.74 Å². The van der Waals surface area contributed by atoms with Gasteiger partial charge in [0.15, 0.2) is 0 Å². The quantitative estimate of drug-likeness (QED) is 0.373. The van der Waals surface area contributed by atoms with Gasteiger partial charge in [-0.2, -0.15) is 0 Å². The van der Waals surface area contributed by atoms with E-state index < -0.39 is 0 Å². The molecule has 0 N–H and O–H groups in total. The van der Waals surface area contributed by atoms with E-state index in [-0.39, 0.29) is 29.7 Å². The average molecular weight is 206 g/mol. The highest BCUT2D eigenvalue weighted by Gasteiger charge is 2.47. The van der Waals surface area contributed by atoms with Crippen LogP contribution in [0.5, 0.6) is 0 Å². The molecule has 0 aromatic heterocycles. The largest absolute Gasteiger partial charge is 0.393 e. The fourth-order valence-corrected chi connectivity index (χ4v) is 2.27. The van der Waals surface area contributed by atoms with Gasteiger partial charge in [-0.1, -0.05) is 23.8 Å². The Bertz CT molecular complexity index is 361. The maximum Gasteiger partial charge on any atom is 0.318 e. The van der Waals surface area contributed by atoms with Gasteiger partial charge in [-0.05, 0) is 20.3 Å². The first-order valence-electron chi connectivity index (χ1n) is 5.17. The molecule has 2 rings (SSSR count). The lowest BCUT2D eigenvalue weighted by molar-refractivity contribution is -0.153. The van der Waals surface area contributed by atoms with Crippen molar-refractivity contribution in [2.24, 2.45) is 17.8 Å². The molecule has 1 fully saturated rings. The van der Waals surface area contributed by atoms with Crippen LogP contribution in [0.3, 0.4) is 0 Å². The second kappa shape index (κ2) is 3.65. The Hall–Kier alpha value is -1.38. The predicted octanol–water partition coefficient (Wildman–Crippen LogP) is 1.84. The summed E-state index contributed by atoms with van der Waals surface area (Å²) in [5.74, 6) is -1.26. The molecule has 3 atom stereocenters. The molecule has 3 unspecified atom stereocenters. The minimum Gasteiger partial charge on any atom is -0.393 e. The summed E-state index contributed by atoms with van der Waals surface area (Å²) in [6, 6.07) is 0. The Morgan fingerprint density at radius 1 is 1.40 bits per heavy atom. The van der Waals surface area contributed by atoms with Crippen LogP contribution in [0.15, 0.2) is 23.8 Å². The second-order valence-corrected chi connectivity index (χ2v) is 4.36. The lowest BCUT2D eigenvalue weighted by atomic mass is 9.77. The molecule has 0 saturated carbocycles. The number of cyclic esters (lactones) is 2. The summed E-state index contributed by atoms with van der Waals surface area (Å²) in [5.41, 5.74) is 1.15. The zero-order chi connectivity index (χ0) is 11.0. The van der Waals surface area contributed by atoms with E-state index >= 15 is 0 Å². The maximum absolute atomic E-state index is 11.5. The van der Waals surface area contributed by atoms with Crippen molar-refractivity contribution in [2.75, 3.05) is 0 Å². The molecular weight excluding hydrogens is 192 g/mol. The number of carbonyl (C=O) groups excluding carboxylic acids is 2. The first kappa shape index (κ1) is 10.1.